The van der Waals surface area contributed by atoms with Crippen LogP contribution >= 0.6 is 11.3 Å². The van der Waals surface area contributed by atoms with E-state index < -0.39 is 0 Å². The Kier molecular flexibility index (Phi) is 4.00. The number of rotatable bonds is 5. The van der Waals surface area contributed by atoms with Gasteiger partial charge >= 0.3 is 0 Å². The van der Waals surface area contributed by atoms with Crippen LogP contribution in [0.25, 0.3) is 0 Å². The number of ketones is 1. The van der Waals surface area contributed by atoms with Crippen molar-refractivity contribution in [3.63, 3.8) is 0 Å². The van der Waals surface area contributed by atoms with Gasteiger partial charge in [-0.3, -0.25) is 9.69 Å². The molecule has 1 heterocycles. The van der Waals surface area contributed by atoms with Crippen molar-refractivity contribution in [2.75, 3.05) is 20.1 Å². The van der Waals surface area contributed by atoms with Crippen LogP contribution in [-0.2, 0) is 0 Å². The maximum absolute atomic E-state index is 12.1. The van der Waals surface area contributed by atoms with Crippen molar-refractivity contribution in [2.45, 2.75) is 33.1 Å². The SMILES string of the molecule is Cc1cc(C(=O)CN(C)CC2CCC2)c(C)s1. The Morgan fingerprint density at radius 1 is 1.47 bits per heavy atom. The maximum Gasteiger partial charge on any atom is 0.177 e. The molecule has 17 heavy (non-hydrogen) atoms. The number of carbonyl (C=O) groups excluding carboxylic acids is 1. The lowest BCUT2D eigenvalue weighted by Crippen LogP contribution is -2.33. The Morgan fingerprint density at radius 2 is 2.18 bits per heavy atom. The number of Topliss-reactive ketones (excluding diaryl/α,β-unsaturated/α-hetero) is 1. The first-order valence-corrected chi connectivity index (χ1v) is 7.16. The number of hydrogen-bond acceptors (Lipinski definition) is 3. The van der Waals surface area contributed by atoms with Gasteiger partial charge in [-0.25, -0.2) is 0 Å². The van der Waals surface area contributed by atoms with Crippen molar-refractivity contribution >= 4 is 17.1 Å². The van der Waals surface area contributed by atoms with Gasteiger partial charge in [-0.05, 0) is 45.7 Å². The van der Waals surface area contributed by atoms with E-state index in [9.17, 15) is 4.79 Å². The summed E-state index contributed by atoms with van der Waals surface area (Å²) in [5.41, 5.74) is 0.924. The molecule has 2 nitrogen and oxygen atoms in total. The average molecular weight is 251 g/mol. The molecule has 1 aliphatic carbocycles. The van der Waals surface area contributed by atoms with E-state index in [1.165, 1.54) is 24.1 Å². The monoisotopic (exact) mass is 251 g/mol. The molecule has 1 saturated carbocycles. The Bertz CT molecular complexity index is 406. The van der Waals surface area contributed by atoms with Crippen molar-refractivity contribution in [3.8, 4) is 0 Å². The summed E-state index contributed by atoms with van der Waals surface area (Å²) in [6, 6.07) is 2.03. The minimum Gasteiger partial charge on any atom is -0.299 e. The third-order valence-electron chi connectivity index (χ3n) is 3.55. The van der Waals surface area contributed by atoms with Crippen molar-refractivity contribution < 1.29 is 4.79 Å². The summed E-state index contributed by atoms with van der Waals surface area (Å²) in [4.78, 5) is 16.7. The quantitative estimate of drug-likeness (QED) is 0.749. The van der Waals surface area contributed by atoms with E-state index in [0.29, 0.717) is 6.54 Å². The topological polar surface area (TPSA) is 20.3 Å². The summed E-state index contributed by atoms with van der Waals surface area (Å²) >= 11 is 1.71. The molecule has 0 spiro atoms. The molecule has 0 amide bonds. The Hall–Kier alpha value is -0.670. The molecule has 1 aromatic rings. The maximum atomic E-state index is 12.1. The molecule has 0 radical (unpaired) electrons. The number of aryl methyl sites for hydroxylation is 2. The van der Waals surface area contributed by atoms with Crippen LogP contribution in [0.2, 0.25) is 0 Å². The zero-order chi connectivity index (χ0) is 12.4. The molecular formula is C14H21NOS. The lowest BCUT2D eigenvalue weighted by atomic mass is 9.85. The van der Waals surface area contributed by atoms with Gasteiger partial charge in [0, 0.05) is 21.9 Å². The summed E-state index contributed by atoms with van der Waals surface area (Å²) in [6.45, 7) is 5.74. The van der Waals surface area contributed by atoms with Crippen LogP contribution in [0.15, 0.2) is 6.07 Å². The number of likely N-dealkylation sites (N-methyl/N-ethyl adjacent to an activating group) is 1. The molecule has 1 fully saturated rings. The highest BCUT2D eigenvalue weighted by atomic mass is 32.1. The van der Waals surface area contributed by atoms with Crippen LogP contribution in [0.3, 0.4) is 0 Å². The van der Waals surface area contributed by atoms with Crippen molar-refractivity contribution in [3.05, 3.63) is 21.4 Å². The molecule has 94 valence electrons. The number of nitrogens with zero attached hydrogens (tertiary/aromatic N) is 1. The first-order chi connectivity index (χ1) is 8.06. The van der Waals surface area contributed by atoms with Gasteiger partial charge in [0.15, 0.2) is 5.78 Å². The van der Waals surface area contributed by atoms with Gasteiger partial charge in [0.1, 0.15) is 0 Å². The minimum atomic E-state index is 0.272. The molecule has 0 atom stereocenters. The second-order valence-electron chi connectivity index (χ2n) is 5.24. The highest BCUT2D eigenvalue weighted by molar-refractivity contribution is 7.12. The third kappa shape index (κ3) is 3.17. The molecule has 0 aliphatic heterocycles. The lowest BCUT2D eigenvalue weighted by molar-refractivity contribution is 0.0925. The van der Waals surface area contributed by atoms with Gasteiger partial charge in [-0.1, -0.05) is 6.42 Å². The highest BCUT2D eigenvalue weighted by Crippen LogP contribution is 2.27. The molecule has 0 aromatic carbocycles. The predicted molar refractivity (Wildman–Crippen MR) is 73.0 cm³/mol. The van der Waals surface area contributed by atoms with Crippen molar-refractivity contribution in [1.82, 2.24) is 4.90 Å². The molecule has 1 aliphatic rings. The number of hydrogen-bond donors (Lipinski definition) is 0. The van der Waals surface area contributed by atoms with Crippen LogP contribution in [-0.4, -0.2) is 30.8 Å². The van der Waals surface area contributed by atoms with Gasteiger partial charge in [-0.15, -0.1) is 11.3 Å². The number of thiophene rings is 1. The first-order valence-electron chi connectivity index (χ1n) is 6.35. The zero-order valence-electron chi connectivity index (χ0n) is 11.0. The minimum absolute atomic E-state index is 0.272. The molecule has 0 N–H and O–H groups in total. The van der Waals surface area contributed by atoms with Crippen LogP contribution in [0, 0.1) is 19.8 Å². The fraction of sp³-hybridized carbons (Fsp3) is 0.643. The Balaban J connectivity index is 1.89. The van der Waals surface area contributed by atoms with Gasteiger partial charge in [-0.2, -0.15) is 0 Å². The number of carbonyl (C=O) groups is 1. The molecular weight excluding hydrogens is 230 g/mol. The van der Waals surface area contributed by atoms with Crippen LogP contribution < -0.4 is 0 Å². The smallest absolute Gasteiger partial charge is 0.177 e. The normalized spacial score (nSPS) is 16.2. The predicted octanol–water partition coefficient (Wildman–Crippen LogP) is 3.28. The lowest BCUT2D eigenvalue weighted by Gasteiger charge is -2.29. The van der Waals surface area contributed by atoms with Crippen LogP contribution in [0.5, 0.6) is 0 Å². The average Bonchev–Trinajstić information content (AvgIpc) is 2.52. The van der Waals surface area contributed by atoms with E-state index in [2.05, 4.69) is 18.9 Å². The highest BCUT2D eigenvalue weighted by Gasteiger charge is 2.21. The summed E-state index contributed by atoms with van der Waals surface area (Å²) in [5, 5.41) is 0. The summed E-state index contributed by atoms with van der Waals surface area (Å²) < 4.78 is 0. The van der Waals surface area contributed by atoms with E-state index in [4.69, 9.17) is 0 Å². The van der Waals surface area contributed by atoms with Crippen LogP contribution in [0.4, 0.5) is 0 Å². The summed E-state index contributed by atoms with van der Waals surface area (Å²) in [6.07, 6.45) is 4.06. The molecule has 2 rings (SSSR count). The summed E-state index contributed by atoms with van der Waals surface area (Å²) in [7, 11) is 2.06. The van der Waals surface area contributed by atoms with Gasteiger partial charge in [0.05, 0.1) is 6.54 Å². The molecule has 1 aromatic heterocycles. The Morgan fingerprint density at radius 3 is 2.65 bits per heavy atom. The van der Waals surface area contributed by atoms with Crippen molar-refractivity contribution in [2.24, 2.45) is 5.92 Å². The van der Waals surface area contributed by atoms with Gasteiger partial charge < -0.3 is 0 Å². The molecule has 0 unspecified atom stereocenters. The van der Waals surface area contributed by atoms with E-state index in [0.717, 1.165) is 22.9 Å². The standard InChI is InChI=1S/C14H21NOS/c1-10-7-13(11(2)17-10)14(16)9-15(3)8-12-5-4-6-12/h7,12H,4-6,8-9H2,1-3H3. The van der Waals surface area contributed by atoms with Crippen LogP contribution in [0.1, 0.15) is 39.4 Å². The molecule has 3 heteroatoms. The molecule has 0 bridgehead atoms. The fourth-order valence-electron chi connectivity index (χ4n) is 2.42. The van der Waals surface area contributed by atoms with Gasteiger partial charge in [0.25, 0.3) is 0 Å². The first kappa shape index (κ1) is 12.8. The zero-order valence-corrected chi connectivity index (χ0v) is 11.8. The second-order valence-corrected chi connectivity index (χ2v) is 6.70. The second kappa shape index (κ2) is 5.32. The Labute approximate surface area is 108 Å². The largest absolute Gasteiger partial charge is 0.299 e. The fourth-order valence-corrected chi connectivity index (χ4v) is 3.36. The van der Waals surface area contributed by atoms with E-state index in [1.54, 1.807) is 11.3 Å². The summed E-state index contributed by atoms with van der Waals surface area (Å²) in [5.74, 6) is 1.10. The third-order valence-corrected chi connectivity index (χ3v) is 4.52. The molecule has 0 saturated heterocycles. The van der Waals surface area contributed by atoms with Gasteiger partial charge in [0.2, 0.25) is 0 Å². The van der Waals surface area contributed by atoms with Crippen molar-refractivity contribution in [1.29, 1.82) is 0 Å². The van der Waals surface area contributed by atoms with E-state index >= 15 is 0 Å². The van der Waals surface area contributed by atoms with E-state index in [-0.39, 0.29) is 5.78 Å². The van der Waals surface area contributed by atoms with E-state index in [1.807, 2.05) is 13.0 Å².